The van der Waals surface area contributed by atoms with Gasteiger partial charge in [0.2, 0.25) is 5.13 Å². The summed E-state index contributed by atoms with van der Waals surface area (Å²) in [6, 6.07) is 0.0185. The minimum atomic E-state index is -2.82. The summed E-state index contributed by atoms with van der Waals surface area (Å²) in [6.07, 6.45) is 3.11. The zero-order chi connectivity index (χ0) is 11.2. The summed E-state index contributed by atoms with van der Waals surface area (Å²) < 4.78 is 22.6. The second-order valence-electron chi connectivity index (χ2n) is 4.46. The zero-order valence-corrected chi connectivity index (χ0v) is 10.4. The Morgan fingerprint density at radius 1 is 1.25 bits per heavy atom. The number of anilines is 1. The van der Waals surface area contributed by atoms with Gasteiger partial charge in [-0.25, -0.2) is 8.42 Å². The first-order chi connectivity index (χ1) is 7.62. The maximum Gasteiger partial charge on any atom is 0.205 e. The fraction of sp³-hybridized carbons (Fsp3) is 0.778. The molecule has 88 valence electrons. The summed E-state index contributed by atoms with van der Waals surface area (Å²) in [7, 11) is -2.82. The molecule has 1 N–H and O–H groups in total. The second kappa shape index (κ2) is 3.66. The molecule has 0 radical (unpaired) electrons. The van der Waals surface area contributed by atoms with Crippen LogP contribution in [0.1, 0.15) is 30.2 Å². The number of nitrogens with one attached hydrogen (secondary N) is 1. The van der Waals surface area contributed by atoms with Gasteiger partial charge in [0.05, 0.1) is 11.5 Å². The van der Waals surface area contributed by atoms with Crippen molar-refractivity contribution in [2.45, 2.75) is 31.2 Å². The molecule has 1 saturated heterocycles. The highest BCUT2D eigenvalue weighted by atomic mass is 32.2. The Morgan fingerprint density at radius 3 is 2.69 bits per heavy atom. The maximum absolute atomic E-state index is 11.3. The lowest BCUT2D eigenvalue weighted by molar-refractivity contribution is 0.602. The van der Waals surface area contributed by atoms with Crippen molar-refractivity contribution in [1.29, 1.82) is 0 Å². The molecule has 0 spiro atoms. The molecule has 1 unspecified atom stereocenters. The lowest BCUT2D eigenvalue weighted by Crippen LogP contribution is -2.20. The molecule has 1 aromatic heterocycles. The third-order valence-electron chi connectivity index (χ3n) is 2.93. The first-order valence-electron chi connectivity index (χ1n) is 5.43. The third kappa shape index (κ3) is 2.20. The van der Waals surface area contributed by atoms with Crippen LogP contribution in [0.4, 0.5) is 5.13 Å². The zero-order valence-electron chi connectivity index (χ0n) is 8.72. The average Bonchev–Trinajstić information content (AvgIpc) is 2.88. The van der Waals surface area contributed by atoms with Crippen molar-refractivity contribution >= 4 is 26.3 Å². The Hall–Kier alpha value is -0.690. The molecule has 1 aromatic rings. The lowest BCUT2D eigenvalue weighted by atomic mass is 10.3. The van der Waals surface area contributed by atoms with E-state index in [0.29, 0.717) is 18.1 Å². The molecule has 1 saturated carbocycles. The first-order valence-corrected chi connectivity index (χ1v) is 8.06. The van der Waals surface area contributed by atoms with Crippen LogP contribution in [0.5, 0.6) is 0 Å². The van der Waals surface area contributed by atoms with Gasteiger partial charge < -0.3 is 5.32 Å². The number of hydrogen-bond donors (Lipinski definition) is 1. The van der Waals surface area contributed by atoms with Gasteiger partial charge in [-0.05, 0) is 19.3 Å². The number of sulfone groups is 1. The topological polar surface area (TPSA) is 72.0 Å². The van der Waals surface area contributed by atoms with Gasteiger partial charge in [0.25, 0.3) is 0 Å². The summed E-state index contributed by atoms with van der Waals surface area (Å²) >= 11 is 1.56. The molecular weight excluding hydrogens is 246 g/mol. The molecule has 0 bridgehead atoms. The third-order valence-corrected chi connectivity index (χ3v) is 5.71. The molecule has 1 aliphatic carbocycles. The van der Waals surface area contributed by atoms with Crippen molar-refractivity contribution in [3.63, 3.8) is 0 Å². The van der Waals surface area contributed by atoms with Crippen LogP contribution in [-0.4, -0.2) is 36.2 Å². The molecular formula is C9H13N3O2S2. The molecule has 2 aliphatic rings. The normalized spacial score (nSPS) is 28.1. The maximum atomic E-state index is 11.3. The summed E-state index contributed by atoms with van der Waals surface area (Å²) in [5, 5.41) is 13.2. The van der Waals surface area contributed by atoms with E-state index in [1.54, 1.807) is 11.3 Å². The van der Waals surface area contributed by atoms with Crippen LogP contribution in [0.2, 0.25) is 0 Å². The van der Waals surface area contributed by atoms with Crippen LogP contribution in [-0.2, 0) is 9.84 Å². The fourth-order valence-corrected chi connectivity index (χ4v) is 4.53. The van der Waals surface area contributed by atoms with E-state index in [0.717, 1.165) is 10.1 Å². The summed E-state index contributed by atoms with van der Waals surface area (Å²) in [5.41, 5.74) is 0. The van der Waals surface area contributed by atoms with Crippen molar-refractivity contribution in [3.05, 3.63) is 5.01 Å². The van der Waals surface area contributed by atoms with Gasteiger partial charge >= 0.3 is 0 Å². The highest BCUT2D eigenvalue weighted by Gasteiger charge is 2.30. The number of rotatable bonds is 3. The van der Waals surface area contributed by atoms with Crippen LogP contribution < -0.4 is 5.32 Å². The van der Waals surface area contributed by atoms with Gasteiger partial charge in [-0.1, -0.05) is 11.3 Å². The minimum absolute atomic E-state index is 0.0185. The summed E-state index contributed by atoms with van der Waals surface area (Å²) in [6.45, 7) is 0. The quantitative estimate of drug-likeness (QED) is 0.877. The van der Waals surface area contributed by atoms with E-state index in [1.807, 2.05) is 0 Å². The van der Waals surface area contributed by atoms with E-state index in [9.17, 15) is 8.42 Å². The molecule has 16 heavy (non-hydrogen) atoms. The SMILES string of the molecule is O=S1(=O)CCC(Nc2nnc(C3CC3)s2)C1. The van der Waals surface area contributed by atoms with Crippen LogP contribution >= 0.6 is 11.3 Å². The van der Waals surface area contributed by atoms with Crippen LogP contribution in [0.3, 0.4) is 0 Å². The number of nitrogens with zero attached hydrogens (tertiary/aromatic N) is 2. The Bertz CT molecular complexity index is 493. The average molecular weight is 259 g/mol. The highest BCUT2D eigenvalue weighted by molar-refractivity contribution is 7.91. The second-order valence-corrected chi connectivity index (χ2v) is 7.70. The first kappa shape index (κ1) is 10.5. The predicted molar refractivity (Wildman–Crippen MR) is 62.6 cm³/mol. The molecule has 2 heterocycles. The summed E-state index contributed by atoms with van der Waals surface area (Å²) in [4.78, 5) is 0. The molecule has 7 heteroatoms. The van der Waals surface area contributed by atoms with Crippen molar-refractivity contribution < 1.29 is 8.42 Å². The van der Waals surface area contributed by atoms with Crippen molar-refractivity contribution in [2.24, 2.45) is 0 Å². The van der Waals surface area contributed by atoms with Gasteiger partial charge in [0.1, 0.15) is 5.01 Å². The van der Waals surface area contributed by atoms with E-state index in [2.05, 4.69) is 15.5 Å². The van der Waals surface area contributed by atoms with E-state index in [4.69, 9.17) is 0 Å². The van der Waals surface area contributed by atoms with Crippen molar-refractivity contribution in [1.82, 2.24) is 10.2 Å². The van der Waals surface area contributed by atoms with Gasteiger partial charge in [-0.2, -0.15) is 0 Å². The number of aromatic nitrogens is 2. The smallest absolute Gasteiger partial charge is 0.205 e. The highest BCUT2D eigenvalue weighted by Crippen LogP contribution is 2.42. The van der Waals surface area contributed by atoms with Crippen molar-refractivity contribution in [2.75, 3.05) is 16.8 Å². The Balaban J connectivity index is 1.65. The summed E-state index contributed by atoms with van der Waals surface area (Å²) in [5.74, 6) is 1.13. The Kier molecular flexibility index (Phi) is 2.39. The monoisotopic (exact) mass is 259 g/mol. The van der Waals surface area contributed by atoms with E-state index < -0.39 is 9.84 Å². The van der Waals surface area contributed by atoms with Gasteiger partial charge in [0, 0.05) is 12.0 Å². The van der Waals surface area contributed by atoms with E-state index in [-0.39, 0.29) is 11.8 Å². The van der Waals surface area contributed by atoms with Gasteiger partial charge in [-0.3, -0.25) is 0 Å². The van der Waals surface area contributed by atoms with Crippen LogP contribution in [0.15, 0.2) is 0 Å². The number of hydrogen-bond acceptors (Lipinski definition) is 6. The van der Waals surface area contributed by atoms with Crippen LogP contribution in [0, 0.1) is 0 Å². The molecule has 0 amide bonds. The standard InChI is InChI=1S/C9H13N3O2S2/c13-16(14)4-3-7(5-16)10-9-12-11-8(15-9)6-1-2-6/h6-7H,1-5H2,(H,10,12). The fourth-order valence-electron chi connectivity index (χ4n) is 1.87. The predicted octanol–water partition coefficient (Wildman–Crippen LogP) is 1.01. The Morgan fingerprint density at radius 2 is 2.06 bits per heavy atom. The van der Waals surface area contributed by atoms with Gasteiger partial charge in [0.15, 0.2) is 9.84 Å². The lowest BCUT2D eigenvalue weighted by Gasteiger charge is -2.07. The molecule has 1 atom stereocenters. The van der Waals surface area contributed by atoms with Crippen molar-refractivity contribution in [3.8, 4) is 0 Å². The molecule has 2 fully saturated rings. The largest absolute Gasteiger partial charge is 0.356 e. The van der Waals surface area contributed by atoms with E-state index >= 15 is 0 Å². The molecule has 1 aliphatic heterocycles. The Labute approximate surface area is 98.2 Å². The molecule has 3 rings (SSSR count). The van der Waals surface area contributed by atoms with E-state index in [1.165, 1.54) is 12.8 Å². The van der Waals surface area contributed by atoms with Gasteiger partial charge in [-0.15, -0.1) is 10.2 Å². The molecule has 0 aromatic carbocycles. The molecule has 5 nitrogen and oxygen atoms in total. The minimum Gasteiger partial charge on any atom is -0.356 e. The van der Waals surface area contributed by atoms with Crippen LogP contribution in [0.25, 0.3) is 0 Å².